The van der Waals surface area contributed by atoms with Crippen LogP contribution in [0.25, 0.3) is 0 Å². The maximum absolute atomic E-state index is 12.5. The SMILES string of the molecule is O=C(c1cnc(N2CCN(c3cccc(Cl)c3)CC2)nc1)N1CCCCC1. The summed E-state index contributed by atoms with van der Waals surface area (Å²) in [7, 11) is 0. The smallest absolute Gasteiger partial charge is 0.256 e. The maximum Gasteiger partial charge on any atom is 0.256 e. The number of aromatic nitrogens is 2. The van der Waals surface area contributed by atoms with Crippen molar-refractivity contribution in [3.8, 4) is 0 Å². The number of piperidine rings is 1. The molecule has 0 unspecified atom stereocenters. The second-order valence-corrected chi connectivity index (χ2v) is 7.52. The quantitative estimate of drug-likeness (QED) is 0.812. The van der Waals surface area contributed by atoms with Crippen LogP contribution in [0.1, 0.15) is 29.6 Å². The number of benzene rings is 1. The van der Waals surface area contributed by atoms with Gasteiger partial charge in [0, 0.05) is 62.4 Å². The Balaban J connectivity index is 1.36. The second-order valence-electron chi connectivity index (χ2n) is 7.08. The van der Waals surface area contributed by atoms with E-state index in [1.54, 1.807) is 12.4 Å². The van der Waals surface area contributed by atoms with E-state index in [2.05, 4.69) is 25.8 Å². The highest BCUT2D eigenvalue weighted by atomic mass is 35.5. The molecule has 4 rings (SSSR count). The van der Waals surface area contributed by atoms with Crippen molar-refractivity contribution in [2.75, 3.05) is 49.1 Å². The first kappa shape index (κ1) is 18.0. The average Bonchev–Trinajstić information content (AvgIpc) is 2.74. The lowest BCUT2D eigenvalue weighted by Gasteiger charge is -2.36. The molecule has 6 nitrogen and oxygen atoms in total. The van der Waals surface area contributed by atoms with Crippen LogP contribution in [0.3, 0.4) is 0 Å². The molecule has 0 N–H and O–H groups in total. The van der Waals surface area contributed by atoms with Crippen molar-refractivity contribution in [3.63, 3.8) is 0 Å². The van der Waals surface area contributed by atoms with Crippen LogP contribution < -0.4 is 9.80 Å². The number of hydrogen-bond donors (Lipinski definition) is 0. The van der Waals surface area contributed by atoms with Gasteiger partial charge in [0.05, 0.1) is 5.56 Å². The molecule has 27 heavy (non-hydrogen) atoms. The molecule has 2 aliphatic heterocycles. The van der Waals surface area contributed by atoms with Crippen LogP contribution in [0, 0.1) is 0 Å². The van der Waals surface area contributed by atoms with Crippen LogP contribution in [0.2, 0.25) is 5.02 Å². The molecule has 3 heterocycles. The Morgan fingerprint density at radius 1 is 0.889 bits per heavy atom. The summed E-state index contributed by atoms with van der Waals surface area (Å²) in [6.07, 6.45) is 6.72. The van der Waals surface area contributed by atoms with Crippen LogP contribution in [0.15, 0.2) is 36.7 Å². The number of rotatable bonds is 3. The molecule has 0 atom stereocenters. The summed E-state index contributed by atoms with van der Waals surface area (Å²) in [5.41, 5.74) is 1.73. The van der Waals surface area contributed by atoms with Crippen molar-refractivity contribution in [1.82, 2.24) is 14.9 Å². The van der Waals surface area contributed by atoms with Gasteiger partial charge in [-0.05, 0) is 37.5 Å². The maximum atomic E-state index is 12.5. The number of nitrogens with zero attached hydrogens (tertiary/aromatic N) is 5. The zero-order chi connectivity index (χ0) is 18.6. The topological polar surface area (TPSA) is 52.6 Å². The Bertz CT molecular complexity index is 783. The molecule has 1 aromatic heterocycles. The first-order valence-electron chi connectivity index (χ1n) is 9.57. The second kappa shape index (κ2) is 8.13. The molecule has 2 aliphatic rings. The highest BCUT2D eigenvalue weighted by Crippen LogP contribution is 2.22. The Hall–Kier alpha value is -2.34. The number of amides is 1. The molecule has 2 saturated heterocycles. The van der Waals surface area contributed by atoms with Crippen LogP contribution in [-0.4, -0.2) is 60.0 Å². The monoisotopic (exact) mass is 385 g/mol. The average molecular weight is 386 g/mol. The Morgan fingerprint density at radius 3 is 2.22 bits per heavy atom. The van der Waals surface area contributed by atoms with Gasteiger partial charge in [-0.15, -0.1) is 0 Å². The predicted molar refractivity (Wildman–Crippen MR) is 108 cm³/mol. The van der Waals surface area contributed by atoms with Gasteiger partial charge < -0.3 is 14.7 Å². The van der Waals surface area contributed by atoms with Gasteiger partial charge in [0.15, 0.2) is 0 Å². The predicted octanol–water partition coefficient (Wildman–Crippen LogP) is 3.08. The van der Waals surface area contributed by atoms with E-state index in [0.29, 0.717) is 11.5 Å². The van der Waals surface area contributed by atoms with Gasteiger partial charge in [0.25, 0.3) is 5.91 Å². The number of halogens is 1. The van der Waals surface area contributed by atoms with Crippen LogP contribution >= 0.6 is 11.6 Å². The summed E-state index contributed by atoms with van der Waals surface area (Å²) in [5.74, 6) is 0.739. The van der Waals surface area contributed by atoms with Gasteiger partial charge in [-0.1, -0.05) is 17.7 Å². The number of carbonyl (C=O) groups excluding carboxylic acids is 1. The molecule has 7 heteroatoms. The molecular weight excluding hydrogens is 362 g/mol. The van der Waals surface area contributed by atoms with Crippen molar-refractivity contribution < 1.29 is 4.79 Å². The van der Waals surface area contributed by atoms with Gasteiger partial charge >= 0.3 is 0 Å². The Kier molecular flexibility index (Phi) is 5.43. The molecule has 0 aliphatic carbocycles. The molecule has 0 bridgehead atoms. The minimum atomic E-state index is 0.0482. The minimum absolute atomic E-state index is 0.0482. The molecule has 0 saturated carbocycles. The minimum Gasteiger partial charge on any atom is -0.368 e. The first-order chi connectivity index (χ1) is 13.2. The van der Waals surface area contributed by atoms with E-state index >= 15 is 0 Å². The third-order valence-corrected chi connectivity index (χ3v) is 5.50. The fraction of sp³-hybridized carbons (Fsp3) is 0.450. The summed E-state index contributed by atoms with van der Waals surface area (Å²) >= 11 is 6.10. The van der Waals surface area contributed by atoms with Gasteiger partial charge in [0.1, 0.15) is 0 Å². The Labute approximate surface area is 164 Å². The summed E-state index contributed by atoms with van der Waals surface area (Å²) in [6, 6.07) is 7.95. The molecule has 0 spiro atoms. The number of hydrogen-bond acceptors (Lipinski definition) is 5. The van der Waals surface area contributed by atoms with E-state index in [-0.39, 0.29) is 5.91 Å². The van der Waals surface area contributed by atoms with Gasteiger partial charge in [-0.3, -0.25) is 4.79 Å². The van der Waals surface area contributed by atoms with Crippen molar-refractivity contribution in [3.05, 3.63) is 47.2 Å². The van der Waals surface area contributed by atoms with E-state index in [1.165, 1.54) is 6.42 Å². The molecule has 142 valence electrons. The molecular formula is C20H24ClN5O. The lowest BCUT2D eigenvalue weighted by molar-refractivity contribution is 0.0723. The van der Waals surface area contributed by atoms with E-state index < -0.39 is 0 Å². The van der Waals surface area contributed by atoms with Crippen molar-refractivity contribution >= 4 is 29.1 Å². The fourth-order valence-electron chi connectivity index (χ4n) is 3.71. The molecule has 1 amide bonds. The summed E-state index contributed by atoms with van der Waals surface area (Å²) in [5, 5.41) is 0.757. The van der Waals surface area contributed by atoms with Crippen LogP contribution in [0.4, 0.5) is 11.6 Å². The number of carbonyl (C=O) groups is 1. The third-order valence-electron chi connectivity index (χ3n) is 5.26. The zero-order valence-corrected chi connectivity index (χ0v) is 16.1. The third kappa shape index (κ3) is 4.16. The van der Waals surface area contributed by atoms with Gasteiger partial charge in [0.2, 0.25) is 5.95 Å². The molecule has 1 aromatic carbocycles. The van der Waals surface area contributed by atoms with E-state index in [4.69, 9.17) is 11.6 Å². The fourth-order valence-corrected chi connectivity index (χ4v) is 3.90. The largest absolute Gasteiger partial charge is 0.368 e. The highest BCUT2D eigenvalue weighted by Gasteiger charge is 2.22. The summed E-state index contributed by atoms with van der Waals surface area (Å²) in [6.45, 7) is 5.13. The summed E-state index contributed by atoms with van der Waals surface area (Å²) in [4.78, 5) is 27.8. The van der Waals surface area contributed by atoms with Crippen molar-refractivity contribution in [1.29, 1.82) is 0 Å². The van der Waals surface area contributed by atoms with Crippen molar-refractivity contribution in [2.45, 2.75) is 19.3 Å². The highest BCUT2D eigenvalue weighted by molar-refractivity contribution is 6.30. The van der Waals surface area contributed by atoms with Crippen LogP contribution in [0.5, 0.6) is 0 Å². The number of piperazine rings is 1. The zero-order valence-electron chi connectivity index (χ0n) is 15.4. The van der Waals surface area contributed by atoms with Gasteiger partial charge in [-0.2, -0.15) is 0 Å². The lowest BCUT2D eigenvalue weighted by atomic mass is 10.1. The van der Waals surface area contributed by atoms with E-state index in [9.17, 15) is 4.79 Å². The molecule has 0 radical (unpaired) electrons. The number of likely N-dealkylation sites (tertiary alicyclic amines) is 1. The van der Waals surface area contributed by atoms with Crippen LogP contribution in [-0.2, 0) is 0 Å². The Morgan fingerprint density at radius 2 is 1.56 bits per heavy atom. The normalized spacial score (nSPS) is 17.9. The summed E-state index contributed by atoms with van der Waals surface area (Å²) < 4.78 is 0. The van der Waals surface area contributed by atoms with E-state index in [0.717, 1.165) is 62.8 Å². The molecule has 2 fully saturated rings. The molecule has 2 aromatic rings. The lowest BCUT2D eigenvalue weighted by Crippen LogP contribution is -2.47. The first-order valence-corrected chi connectivity index (χ1v) is 9.95. The standard InChI is InChI=1S/C20H24ClN5O/c21-17-5-4-6-18(13-17)24-9-11-26(12-10-24)20-22-14-16(15-23-20)19(27)25-7-2-1-3-8-25/h4-6,13-15H,1-3,7-12H2. The van der Waals surface area contributed by atoms with Crippen molar-refractivity contribution in [2.24, 2.45) is 0 Å². The number of anilines is 2. The van der Waals surface area contributed by atoms with E-state index in [1.807, 2.05) is 23.1 Å². The van der Waals surface area contributed by atoms with Gasteiger partial charge in [-0.25, -0.2) is 9.97 Å².